The second-order valence-corrected chi connectivity index (χ2v) is 6.01. The van der Waals surface area contributed by atoms with Gasteiger partial charge in [-0.3, -0.25) is 14.5 Å². The molecule has 6 nitrogen and oxygen atoms in total. The smallest absolute Gasteiger partial charge is 0.326 e. The predicted octanol–water partition coefficient (Wildman–Crippen LogP) is 3.08. The average Bonchev–Trinajstić information content (AvgIpc) is 2.80. The van der Waals surface area contributed by atoms with Crippen molar-refractivity contribution in [1.29, 1.82) is 0 Å². The number of para-hydroxylation sites is 2. The lowest BCUT2D eigenvalue weighted by Crippen LogP contribution is -2.36. The van der Waals surface area contributed by atoms with Crippen LogP contribution in [0.2, 0.25) is 5.02 Å². The molecule has 2 aromatic carbocycles. The fourth-order valence-electron chi connectivity index (χ4n) is 2.51. The summed E-state index contributed by atoms with van der Waals surface area (Å²) < 4.78 is 16.2. The third-order valence-electron chi connectivity index (χ3n) is 3.75. The number of carbonyl (C=O) groups is 2. The zero-order chi connectivity index (χ0) is 18.4. The number of nitrogens with zero attached hydrogens (tertiary/aromatic N) is 1. The molecular weight excluding hydrogens is 358 g/mol. The van der Waals surface area contributed by atoms with Crippen LogP contribution in [0.3, 0.4) is 0 Å². The molecule has 1 heterocycles. The topological polar surface area (TPSA) is 65.1 Å². The van der Waals surface area contributed by atoms with Crippen molar-refractivity contribution in [3.8, 4) is 11.5 Å². The highest BCUT2D eigenvalue weighted by atomic mass is 35.5. The number of esters is 1. The molecule has 2 aromatic rings. The summed E-state index contributed by atoms with van der Waals surface area (Å²) in [6.45, 7) is 0.416. The molecule has 3 rings (SSSR count). The predicted molar refractivity (Wildman–Crippen MR) is 96.8 cm³/mol. The van der Waals surface area contributed by atoms with Crippen molar-refractivity contribution in [1.82, 2.24) is 0 Å². The van der Waals surface area contributed by atoms with E-state index in [0.29, 0.717) is 22.2 Å². The number of carbonyl (C=O) groups excluding carboxylic acids is 2. The molecule has 0 unspecified atom stereocenters. The molecule has 0 N–H and O–H groups in total. The van der Waals surface area contributed by atoms with Gasteiger partial charge in [-0.2, -0.15) is 0 Å². The minimum atomic E-state index is -0.505. The number of hydrogen-bond acceptors (Lipinski definition) is 5. The molecule has 0 bridgehead atoms. The van der Waals surface area contributed by atoms with E-state index in [9.17, 15) is 9.59 Å². The van der Waals surface area contributed by atoms with E-state index in [2.05, 4.69) is 0 Å². The third kappa shape index (κ3) is 4.67. The Kier molecular flexibility index (Phi) is 5.96. The quantitative estimate of drug-likeness (QED) is 0.573. The van der Waals surface area contributed by atoms with Gasteiger partial charge < -0.3 is 14.2 Å². The van der Waals surface area contributed by atoms with Crippen LogP contribution in [0.25, 0.3) is 0 Å². The van der Waals surface area contributed by atoms with Gasteiger partial charge in [-0.1, -0.05) is 23.7 Å². The monoisotopic (exact) mass is 375 g/mol. The summed E-state index contributed by atoms with van der Waals surface area (Å²) in [6.07, 6.45) is 0.210. The SMILES string of the molecule is O=C(CN1C(=O)CCOc2ccccc21)OCCOc1ccc(Cl)cc1. The minimum absolute atomic E-state index is 0.0850. The molecule has 0 aliphatic carbocycles. The Balaban J connectivity index is 1.51. The zero-order valence-corrected chi connectivity index (χ0v) is 14.8. The molecule has 0 fully saturated rings. The highest BCUT2D eigenvalue weighted by Crippen LogP contribution is 2.30. The van der Waals surface area contributed by atoms with Crippen LogP contribution < -0.4 is 14.4 Å². The van der Waals surface area contributed by atoms with E-state index in [0.717, 1.165) is 0 Å². The van der Waals surface area contributed by atoms with Crippen LogP contribution in [0.5, 0.6) is 11.5 Å². The molecule has 0 saturated carbocycles. The average molecular weight is 376 g/mol. The maximum absolute atomic E-state index is 12.3. The molecule has 0 atom stereocenters. The van der Waals surface area contributed by atoms with Gasteiger partial charge in [-0.05, 0) is 36.4 Å². The number of benzene rings is 2. The van der Waals surface area contributed by atoms with Gasteiger partial charge in [0, 0.05) is 5.02 Å². The van der Waals surface area contributed by atoms with Gasteiger partial charge >= 0.3 is 5.97 Å². The number of halogens is 1. The third-order valence-corrected chi connectivity index (χ3v) is 4.00. The van der Waals surface area contributed by atoms with Gasteiger partial charge in [-0.25, -0.2) is 0 Å². The second-order valence-electron chi connectivity index (χ2n) is 5.57. The fraction of sp³-hybridized carbons (Fsp3) is 0.263. The first-order valence-electron chi connectivity index (χ1n) is 8.19. The van der Waals surface area contributed by atoms with Gasteiger partial charge in [0.25, 0.3) is 0 Å². The zero-order valence-electron chi connectivity index (χ0n) is 14.0. The van der Waals surface area contributed by atoms with Crippen molar-refractivity contribution in [3.63, 3.8) is 0 Å². The highest BCUT2D eigenvalue weighted by molar-refractivity contribution is 6.30. The van der Waals surface area contributed by atoms with Crippen LogP contribution in [-0.4, -0.2) is 38.2 Å². The van der Waals surface area contributed by atoms with Crippen molar-refractivity contribution in [2.45, 2.75) is 6.42 Å². The van der Waals surface area contributed by atoms with Gasteiger partial charge in [-0.15, -0.1) is 0 Å². The molecular formula is C19H18ClNO5. The van der Waals surface area contributed by atoms with Crippen LogP contribution in [0.15, 0.2) is 48.5 Å². The summed E-state index contributed by atoms with van der Waals surface area (Å²) in [7, 11) is 0. The van der Waals surface area contributed by atoms with E-state index >= 15 is 0 Å². The lowest BCUT2D eigenvalue weighted by molar-refractivity contribution is -0.143. The maximum Gasteiger partial charge on any atom is 0.326 e. The fourth-order valence-corrected chi connectivity index (χ4v) is 2.64. The molecule has 26 heavy (non-hydrogen) atoms. The Morgan fingerprint density at radius 1 is 1.12 bits per heavy atom. The van der Waals surface area contributed by atoms with Crippen molar-refractivity contribution in [2.24, 2.45) is 0 Å². The first-order chi connectivity index (χ1) is 12.6. The highest BCUT2D eigenvalue weighted by Gasteiger charge is 2.25. The lowest BCUT2D eigenvalue weighted by Gasteiger charge is -2.20. The number of rotatable bonds is 6. The summed E-state index contributed by atoms with van der Waals surface area (Å²) >= 11 is 5.80. The number of fused-ring (bicyclic) bond motifs is 1. The van der Waals surface area contributed by atoms with Crippen molar-refractivity contribution >= 4 is 29.2 Å². The molecule has 1 aliphatic rings. The number of ether oxygens (including phenoxy) is 3. The van der Waals surface area contributed by atoms with E-state index < -0.39 is 5.97 Å². The van der Waals surface area contributed by atoms with E-state index in [1.165, 1.54) is 4.90 Å². The molecule has 136 valence electrons. The Morgan fingerprint density at radius 3 is 2.69 bits per heavy atom. The molecule has 1 aliphatic heterocycles. The summed E-state index contributed by atoms with van der Waals surface area (Å²) in [4.78, 5) is 25.8. The lowest BCUT2D eigenvalue weighted by atomic mass is 10.2. The normalized spacial score (nSPS) is 13.4. The second kappa shape index (κ2) is 8.58. The van der Waals surface area contributed by atoms with E-state index in [-0.39, 0.29) is 38.7 Å². The number of amides is 1. The van der Waals surface area contributed by atoms with Crippen LogP contribution in [0, 0.1) is 0 Å². The standard InChI is InChI=1S/C19H18ClNO5/c20-14-5-7-15(8-6-14)24-11-12-26-19(23)13-21-16-3-1-2-4-17(16)25-10-9-18(21)22/h1-8H,9-13H2. The maximum atomic E-state index is 12.3. The first kappa shape index (κ1) is 18.1. The minimum Gasteiger partial charge on any atom is -0.491 e. The molecule has 0 radical (unpaired) electrons. The summed E-state index contributed by atoms with van der Waals surface area (Å²) in [5.74, 6) is 0.538. The molecule has 0 spiro atoms. The van der Waals surface area contributed by atoms with Crippen LogP contribution in [0.1, 0.15) is 6.42 Å². The summed E-state index contributed by atoms with van der Waals surface area (Å²) in [5.41, 5.74) is 0.573. The summed E-state index contributed by atoms with van der Waals surface area (Å²) in [5, 5.41) is 0.621. The molecule has 0 aromatic heterocycles. The number of hydrogen-bond donors (Lipinski definition) is 0. The van der Waals surface area contributed by atoms with E-state index in [1.807, 2.05) is 6.07 Å². The Bertz CT molecular complexity index is 778. The molecule has 0 saturated heterocycles. The molecule has 7 heteroatoms. The van der Waals surface area contributed by atoms with Crippen molar-refractivity contribution in [2.75, 3.05) is 31.3 Å². The van der Waals surface area contributed by atoms with Gasteiger partial charge in [0.15, 0.2) is 0 Å². The van der Waals surface area contributed by atoms with Gasteiger partial charge in [0.1, 0.15) is 31.3 Å². The Labute approximate surface area is 156 Å². The van der Waals surface area contributed by atoms with E-state index in [4.69, 9.17) is 25.8 Å². The van der Waals surface area contributed by atoms with E-state index in [1.54, 1.807) is 42.5 Å². The first-order valence-corrected chi connectivity index (χ1v) is 8.57. The van der Waals surface area contributed by atoms with Crippen molar-refractivity contribution in [3.05, 3.63) is 53.6 Å². The van der Waals surface area contributed by atoms with Crippen molar-refractivity contribution < 1.29 is 23.8 Å². The Morgan fingerprint density at radius 2 is 1.88 bits per heavy atom. The Hall–Kier alpha value is -2.73. The largest absolute Gasteiger partial charge is 0.491 e. The van der Waals surface area contributed by atoms with Crippen LogP contribution in [-0.2, 0) is 14.3 Å². The van der Waals surface area contributed by atoms with Crippen LogP contribution >= 0.6 is 11.6 Å². The number of anilines is 1. The van der Waals surface area contributed by atoms with Gasteiger partial charge in [0.2, 0.25) is 5.91 Å². The molecule has 1 amide bonds. The van der Waals surface area contributed by atoms with Crippen LogP contribution in [0.4, 0.5) is 5.69 Å². The van der Waals surface area contributed by atoms with Gasteiger partial charge in [0.05, 0.1) is 18.7 Å². The summed E-state index contributed by atoms with van der Waals surface area (Å²) in [6, 6.07) is 14.0.